The largest absolute Gasteiger partial charge is 0.478 e. The van der Waals surface area contributed by atoms with Crippen molar-refractivity contribution < 1.29 is 9.53 Å². The molecule has 5 nitrogen and oxygen atoms in total. The second-order valence-electron chi connectivity index (χ2n) is 8.05. The summed E-state index contributed by atoms with van der Waals surface area (Å²) in [5, 5.41) is 11.9. The molecule has 136 valence electrons. The minimum Gasteiger partial charge on any atom is -0.478 e. The molecule has 0 aliphatic carbocycles. The maximum absolute atomic E-state index is 12.6. The summed E-state index contributed by atoms with van der Waals surface area (Å²) in [7, 11) is 2.12. The van der Waals surface area contributed by atoms with E-state index in [1.807, 2.05) is 0 Å². The van der Waals surface area contributed by atoms with Crippen molar-refractivity contribution in [1.29, 1.82) is 5.26 Å². The number of nitriles is 1. The van der Waals surface area contributed by atoms with E-state index in [2.05, 4.69) is 37.2 Å². The fourth-order valence-electron chi connectivity index (χ4n) is 3.48. The van der Waals surface area contributed by atoms with Crippen molar-refractivity contribution in [3.8, 4) is 11.8 Å². The molecule has 0 bridgehead atoms. The van der Waals surface area contributed by atoms with Gasteiger partial charge in [0.05, 0.1) is 11.6 Å². The molecule has 5 heteroatoms. The van der Waals surface area contributed by atoms with Crippen LogP contribution in [0.25, 0.3) is 0 Å². The number of amides is 1. The van der Waals surface area contributed by atoms with E-state index in [0.717, 1.165) is 6.54 Å². The lowest BCUT2D eigenvalue weighted by Crippen LogP contribution is -2.56. The zero-order valence-corrected chi connectivity index (χ0v) is 15.9. The maximum atomic E-state index is 12.6. The maximum Gasteiger partial charge on any atom is 0.263 e. The van der Waals surface area contributed by atoms with Gasteiger partial charge in [-0.2, -0.15) is 5.26 Å². The number of nitrogens with one attached hydrogen (secondary N) is 1. The summed E-state index contributed by atoms with van der Waals surface area (Å²) in [6.07, 6.45) is 2.37. The predicted octanol–water partition coefficient (Wildman–Crippen LogP) is 2.95. The van der Waals surface area contributed by atoms with Gasteiger partial charge < -0.3 is 15.0 Å². The van der Waals surface area contributed by atoms with E-state index in [4.69, 9.17) is 10.00 Å². The van der Waals surface area contributed by atoms with Gasteiger partial charge in [-0.05, 0) is 70.0 Å². The molecule has 25 heavy (non-hydrogen) atoms. The Kier molecular flexibility index (Phi) is 5.74. The Morgan fingerprint density at radius 3 is 2.60 bits per heavy atom. The lowest BCUT2D eigenvalue weighted by Gasteiger charge is -2.45. The molecular formula is C20H29N3O2. The number of benzene rings is 1. The monoisotopic (exact) mass is 343 g/mol. The van der Waals surface area contributed by atoms with Gasteiger partial charge in [-0.3, -0.25) is 4.79 Å². The first kappa shape index (κ1) is 19.3. The summed E-state index contributed by atoms with van der Waals surface area (Å²) in [6.45, 7) is 9.72. The average Bonchev–Trinajstić information content (AvgIpc) is 2.54. The Labute approximate surface area is 151 Å². The number of likely N-dealkylation sites (N-methyl/N-ethyl adjacent to an activating group) is 1. The van der Waals surface area contributed by atoms with E-state index in [0.29, 0.717) is 23.9 Å². The van der Waals surface area contributed by atoms with Gasteiger partial charge in [0.25, 0.3) is 5.91 Å². The van der Waals surface area contributed by atoms with Crippen LogP contribution in [0.1, 0.15) is 46.1 Å². The molecule has 0 radical (unpaired) electrons. The molecule has 1 heterocycles. The molecule has 0 unspecified atom stereocenters. The van der Waals surface area contributed by atoms with Crippen molar-refractivity contribution >= 4 is 5.91 Å². The van der Waals surface area contributed by atoms with E-state index in [-0.39, 0.29) is 11.3 Å². The predicted molar refractivity (Wildman–Crippen MR) is 98.3 cm³/mol. The van der Waals surface area contributed by atoms with Crippen LogP contribution in [0, 0.1) is 16.7 Å². The molecule has 1 fully saturated rings. The fourth-order valence-corrected chi connectivity index (χ4v) is 3.48. The third-order valence-electron chi connectivity index (χ3n) is 5.13. The number of likely N-dealkylation sites (tertiary alicyclic amines) is 1. The van der Waals surface area contributed by atoms with Crippen LogP contribution >= 0.6 is 0 Å². The zero-order valence-electron chi connectivity index (χ0n) is 15.9. The van der Waals surface area contributed by atoms with Gasteiger partial charge in [-0.25, -0.2) is 0 Å². The van der Waals surface area contributed by atoms with E-state index >= 15 is 0 Å². The molecule has 1 aromatic rings. The van der Waals surface area contributed by atoms with E-state index in [1.54, 1.807) is 38.1 Å². The molecule has 0 spiro atoms. The van der Waals surface area contributed by atoms with Crippen molar-refractivity contribution in [2.24, 2.45) is 5.41 Å². The summed E-state index contributed by atoms with van der Waals surface area (Å²) in [5.41, 5.74) is -0.235. The Hall–Kier alpha value is -2.06. The van der Waals surface area contributed by atoms with Gasteiger partial charge in [-0.1, -0.05) is 13.8 Å². The lowest BCUT2D eigenvalue weighted by molar-refractivity contribution is -0.134. The third kappa shape index (κ3) is 4.73. The van der Waals surface area contributed by atoms with Gasteiger partial charge in [0.1, 0.15) is 5.75 Å². The molecular weight excluding hydrogens is 314 g/mol. The first-order valence-electron chi connectivity index (χ1n) is 8.83. The first-order valence-corrected chi connectivity index (χ1v) is 8.83. The second kappa shape index (κ2) is 7.45. The topological polar surface area (TPSA) is 65.4 Å². The van der Waals surface area contributed by atoms with Crippen molar-refractivity contribution in [2.45, 2.75) is 52.2 Å². The number of rotatable bonds is 5. The minimum atomic E-state index is -0.981. The molecule has 0 aromatic heterocycles. The zero-order chi connectivity index (χ0) is 18.7. The summed E-state index contributed by atoms with van der Waals surface area (Å²) in [4.78, 5) is 15.0. The van der Waals surface area contributed by atoms with E-state index in [9.17, 15) is 4.79 Å². The standard InChI is InChI=1S/C20H29N3O2/c1-19(2)11-6-12-23(5)17(19)14-22-18(24)20(3,4)25-16-9-7-15(13-21)8-10-16/h7-10,17H,6,11-12,14H2,1-5H3,(H,22,24)/t17-/m1/s1. The Bertz CT molecular complexity index is 644. The van der Waals surface area contributed by atoms with Gasteiger partial charge in [0.15, 0.2) is 5.60 Å². The minimum absolute atomic E-state index is 0.133. The van der Waals surface area contributed by atoms with Crippen LogP contribution in [0.2, 0.25) is 0 Å². The van der Waals surface area contributed by atoms with Gasteiger partial charge in [0, 0.05) is 12.6 Å². The Balaban J connectivity index is 1.97. The second-order valence-corrected chi connectivity index (χ2v) is 8.05. The van der Waals surface area contributed by atoms with E-state index in [1.165, 1.54) is 12.8 Å². The van der Waals surface area contributed by atoms with Crippen LogP contribution in [0.3, 0.4) is 0 Å². The summed E-state index contributed by atoms with van der Waals surface area (Å²) in [6, 6.07) is 9.18. The molecule has 1 aliphatic rings. The van der Waals surface area contributed by atoms with E-state index < -0.39 is 5.60 Å². The molecule has 1 aliphatic heterocycles. The number of nitrogens with zero attached hydrogens (tertiary/aromatic N) is 2. The van der Waals surface area contributed by atoms with Gasteiger partial charge in [0.2, 0.25) is 0 Å². The first-order chi connectivity index (χ1) is 11.7. The summed E-state index contributed by atoms with van der Waals surface area (Å²) >= 11 is 0. The number of carbonyl (C=O) groups excluding carboxylic acids is 1. The SMILES string of the molecule is CN1CCCC(C)(C)[C@H]1CNC(=O)C(C)(C)Oc1ccc(C#N)cc1. The molecule has 1 saturated heterocycles. The molecule has 0 saturated carbocycles. The molecule has 1 N–H and O–H groups in total. The highest BCUT2D eigenvalue weighted by Crippen LogP contribution is 2.34. The van der Waals surface area contributed by atoms with Crippen molar-refractivity contribution in [1.82, 2.24) is 10.2 Å². The molecule has 1 amide bonds. The van der Waals surface area contributed by atoms with Crippen LogP contribution in [0.5, 0.6) is 5.75 Å². The molecule has 1 atom stereocenters. The lowest BCUT2D eigenvalue weighted by atomic mass is 9.76. The Morgan fingerprint density at radius 2 is 2.04 bits per heavy atom. The van der Waals surface area contributed by atoms with Crippen molar-refractivity contribution in [3.63, 3.8) is 0 Å². The fraction of sp³-hybridized carbons (Fsp3) is 0.600. The number of hydrogen-bond donors (Lipinski definition) is 1. The molecule has 1 aromatic carbocycles. The molecule has 2 rings (SSSR count). The van der Waals surface area contributed by atoms with Crippen molar-refractivity contribution in [2.75, 3.05) is 20.1 Å². The quantitative estimate of drug-likeness (QED) is 0.893. The highest BCUT2D eigenvalue weighted by Gasteiger charge is 2.37. The van der Waals surface area contributed by atoms with Gasteiger partial charge >= 0.3 is 0 Å². The van der Waals surface area contributed by atoms with Crippen LogP contribution < -0.4 is 10.1 Å². The number of hydrogen-bond acceptors (Lipinski definition) is 4. The van der Waals surface area contributed by atoms with Crippen molar-refractivity contribution in [3.05, 3.63) is 29.8 Å². The summed E-state index contributed by atoms with van der Waals surface area (Å²) < 4.78 is 5.85. The number of carbonyl (C=O) groups is 1. The van der Waals surface area contributed by atoms with Crippen LogP contribution in [-0.4, -0.2) is 42.6 Å². The summed E-state index contributed by atoms with van der Waals surface area (Å²) in [5.74, 6) is 0.445. The van der Waals surface area contributed by atoms with Crippen LogP contribution in [0.4, 0.5) is 0 Å². The highest BCUT2D eigenvalue weighted by molar-refractivity contribution is 5.84. The van der Waals surface area contributed by atoms with Crippen LogP contribution in [0.15, 0.2) is 24.3 Å². The third-order valence-corrected chi connectivity index (χ3v) is 5.13. The van der Waals surface area contributed by atoms with Gasteiger partial charge in [-0.15, -0.1) is 0 Å². The van der Waals surface area contributed by atoms with Crippen LogP contribution in [-0.2, 0) is 4.79 Å². The number of piperidine rings is 1. The number of ether oxygens (including phenoxy) is 1. The normalized spacial score (nSPS) is 20.6. The highest BCUT2D eigenvalue weighted by atomic mass is 16.5. The Morgan fingerprint density at radius 1 is 1.40 bits per heavy atom. The smallest absolute Gasteiger partial charge is 0.263 e. The average molecular weight is 343 g/mol.